The Morgan fingerprint density at radius 3 is 2.76 bits per heavy atom. The van der Waals surface area contributed by atoms with Crippen molar-refractivity contribution in [1.82, 2.24) is 19.7 Å². The summed E-state index contributed by atoms with van der Waals surface area (Å²) in [6, 6.07) is 15.6. The molecule has 29 heavy (non-hydrogen) atoms. The average Bonchev–Trinajstić information content (AvgIpc) is 3.32. The quantitative estimate of drug-likeness (QED) is 0.340. The van der Waals surface area contributed by atoms with Crippen LogP contribution in [0, 0.1) is 6.92 Å². The normalized spacial score (nSPS) is 11.0. The number of rotatable bonds is 7. The summed E-state index contributed by atoms with van der Waals surface area (Å²) in [4.78, 5) is 4.65. The number of aryl methyl sites for hydroxylation is 1. The van der Waals surface area contributed by atoms with Crippen LogP contribution in [-0.2, 0) is 19.4 Å². The van der Waals surface area contributed by atoms with Crippen molar-refractivity contribution in [3.05, 3.63) is 75.2 Å². The van der Waals surface area contributed by atoms with Crippen LogP contribution in [0.1, 0.15) is 16.3 Å². The van der Waals surface area contributed by atoms with Gasteiger partial charge in [0.05, 0.1) is 5.69 Å². The van der Waals surface area contributed by atoms with Crippen molar-refractivity contribution in [1.29, 1.82) is 0 Å². The van der Waals surface area contributed by atoms with Crippen LogP contribution >= 0.6 is 34.7 Å². The molecule has 0 saturated carbocycles. The number of ether oxygens (including phenoxy) is 1. The van der Waals surface area contributed by atoms with Gasteiger partial charge in [-0.25, -0.2) is 4.98 Å². The molecular formula is C21H19ClN4OS2. The highest BCUT2D eigenvalue weighted by molar-refractivity contribution is 7.98. The van der Waals surface area contributed by atoms with Gasteiger partial charge in [0.1, 0.15) is 17.4 Å². The molecule has 0 bridgehead atoms. The number of thiazole rings is 1. The van der Waals surface area contributed by atoms with E-state index in [0.717, 1.165) is 38.7 Å². The van der Waals surface area contributed by atoms with Crippen LogP contribution in [0.4, 0.5) is 0 Å². The van der Waals surface area contributed by atoms with Gasteiger partial charge < -0.3 is 9.30 Å². The van der Waals surface area contributed by atoms with Gasteiger partial charge in [0.2, 0.25) is 0 Å². The molecule has 0 spiro atoms. The summed E-state index contributed by atoms with van der Waals surface area (Å²) < 4.78 is 7.78. The molecule has 2 heterocycles. The zero-order chi connectivity index (χ0) is 20.2. The van der Waals surface area contributed by atoms with E-state index in [1.54, 1.807) is 23.1 Å². The maximum absolute atomic E-state index is 5.89. The minimum absolute atomic E-state index is 0.443. The van der Waals surface area contributed by atoms with Gasteiger partial charge in [0.15, 0.2) is 11.0 Å². The second-order valence-electron chi connectivity index (χ2n) is 6.50. The molecule has 0 amide bonds. The van der Waals surface area contributed by atoms with Gasteiger partial charge in [-0.2, -0.15) is 0 Å². The molecule has 148 valence electrons. The van der Waals surface area contributed by atoms with E-state index in [1.807, 2.05) is 41.9 Å². The average molecular weight is 443 g/mol. The van der Waals surface area contributed by atoms with Crippen LogP contribution in [0.25, 0.3) is 11.4 Å². The summed E-state index contributed by atoms with van der Waals surface area (Å²) in [5.74, 6) is 2.38. The van der Waals surface area contributed by atoms with Crippen LogP contribution < -0.4 is 4.74 Å². The first-order valence-electron chi connectivity index (χ1n) is 8.99. The lowest BCUT2D eigenvalue weighted by atomic mass is 10.1. The molecule has 0 radical (unpaired) electrons. The van der Waals surface area contributed by atoms with Gasteiger partial charge in [-0.05, 0) is 37.3 Å². The van der Waals surface area contributed by atoms with E-state index in [1.165, 1.54) is 5.56 Å². The number of hydrogen-bond donors (Lipinski definition) is 0. The Morgan fingerprint density at radius 2 is 1.97 bits per heavy atom. The third kappa shape index (κ3) is 4.98. The molecule has 0 fully saturated rings. The Morgan fingerprint density at radius 1 is 1.14 bits per heavy atom. The number of aromatic nitrogens is 4. The van der Waals surface area contributed by atoms with E-state index in [4.69, 9.17) is 16.3 Å². The smallest absolute Gasteiger partial charge is 0.191 e. The largest absolute Gasteiger partial charge is 0.486 e. The highest BCUT2D eigenvalue weighted by Crippen LogP contribution is 2.26. The summed E-state index contributed by atoms with van der Waals surface area (Å²) in [5.41, 5.74) is 3.28. The van der Waals surface area contributed by atoms with Gasteiger partial charge in [-0.3, -0.25) is 0 Å². The standard InChI is InChI=1S/C21H19ClN4OS2/c1-14-4-3-5-15(10-14)20-24-25-21(26(20)2)29-13-17-12-28-19(23-17)11-27-18-8-6-16(22)7-9-18/h3-10,12H,11,13H2,1-2H3. The highest BCUT2D eigenvalue weighted by atomic mass is 35.5. The molecule has 2 aromatic carbocycles. The molecule has 4 rings (SSSR count). The summed E-state index contributed by atoms with van der Waals surface area (Å²) in [7, 11) is 1.99. The Hall–Kier alpha value is -2.35. The highest BCUT2D eigenvalue weighted by Gasteiger charge is 2.12. The second kappa shape index (κ2) is 8.98. The molecule has 0 saturated heterocycles. The summed E-state index contributed by atoms with van der Waals surface area (Å²) in [6.07, 6.45) is 0. The number of thioether (sulfide) groups is 1. The Labute approximate surface area is 182 Å². The van der Waals surface area contributed by atoms with Gasteiger partial charge in [-0.15, -0.1) is 21.5 Å². The fraction of sp³-hybridized carbons (Fsp3) is 0.190. The molecule has 5 nitrogen and oxygen atoms in total. The van der Waals surface area contributed by atoms with Gasteiger partial charge in [0.25, 0.3) is 0 Å². The third-order valence-electron chi connectivity index (χ3n) is 4.24. The molecule has 4 aromatic rings. The molecule has 0 unspecified atom stereocenters. The lowest BCUT2D eigenvalue weighted by molar-refractivity contribution is 0.305. The maximum atomic E-state index is 5.89. The zero-order valence-electron chi connectivity index (χ0n) is 16.0. The van der Waals surface area contributed by atoms with Crippen molar-refractivity contribution >= 4 is 34.7 Å². The minimum Gasteiger partial charge on any atom is -0.486 e. The predicted molar refractivity (Wildman–Crippen MR) is 119 cm³/mol. The Kier molecular flexibility index (Phi) is 6.18. The maximum Gasteiger partial charge on any atom is 0.191 e. The first kappa shape index (κ1) is 19.9. The zero-order valence-corrected chi connectivity index (χ0v) is 18.4. The summed E-state index contributed by atoms with van der Waals surface area (Å²) in [5, 5.41) is 13.3. The molecular weight excluding hydrogens is 424 g/mol. The molecule has 0 aliphatic heterocycles. The summed E-state index contributed by atoms with van der Waals surface area (Å²) >= 11 is 9.12. The van der Waals surface area contributed by atoms with E-state index in [-0.39, 0.29) is 0 Å². The van der Waals surface area contributed by atoms with E-state index in [0.29, 0.717) is 11.6 Å². The lowest BCUT2D eigenvalue weighted by Crippen LogP contribution is -1.96. The van der Waals surface area contributed by atoms with E-state index in [2.05, 4.69) is 45.7 Å². The van der Waals surface area contributed by atoms with Crippen molar-refractivity contribution in [2.45, 2.75) is 24.4 Å². The minimum atomic E-state index is 0.443. The number of hydrogen-bond acceptors (Lipinski definition) is 6. The van der Waals surface area contributed by atoms with Crippen LogP contribution in [0.2, 0.25) is 5.02 Å². The van der Waals surface area contributed by atoms with Gasteiger partial charge in [-0.1, -0.05) is 47.1 Å². The van der Waals surface area contributed by atoms with Crippen molar-refractivity contribution in [2.75, 3.05) is 0 Å². The second-order valence-corrected chi connectivity index (χ2v) is 8.82. The molecule has 0 atom stereocenters. The van der Waals surface area contributed by atoms with E-state index in [9.17, 15) is 0 Å². The molecule has 0 N–H and O–H groups in total. The van der Waals surface area contributed by atoms with Crippen molar-refractivity contribution in [2.24, 2.45) is 7.05 Å². The van der Waals surface area contributed by atoms with Crippen LogP contribution in [0.5, 0.6) is 5.75 Å². The monoisotopic (exact) mass is 442 g/mol. The van der Waals surface area contributed by atoms with Crippen LogP contribution in [0.15, 0.2) is 59.1 Å². The SMILES string of the molecule is Cc1cccc(-c2nnc(SCc3csc(COc4ccc(Cl)cc4)n3)n2C)c1. The lowest BCUT2D eigenvalue weighted by Gasteiger charge is -2.04. The van der Waals surface area contributed by atoms with Gasteiger partial charge >= 0.3 is 0 Å². The van der Waals surface area contributed by atoms with Crippen molar-refractivity contribution in [3.63, 3.8) is 0 Å². The molecule has 0 aliphatic rings. The summed E-state index contributed by atoms with van der Waals surface area (Å²) in [6.45, 7) is 2.52. The fourth-order valence-electron chi connectivity index (χ4n) is 2.77. The predicted octanol–water partition coefficient (Wildman–Crippen LogP) is 5.77. The van der Waals surface area contributed by atoms with E-state index >= 15 is 0 Å². The van der Waals surface area contributed by atoms with Crippen LogP contribution in [-0.4, -0.2) is 19.7 Å². The van der Waals surface area contributed by atoms with Crippen molar-refractivity contribution < 1.29 is 4.74 Å². The van der Waals surface area contributed by atoms with Gasteiger partial charge in [0, 0.05) is 28.8 Å². The third-order valence-corrected chi connectivity index (χ3v) is 6.41. The van der Waals surface area contributed by atoms with Crippen LogP contribution in [0.3, 0.4) is 0 Å². The molecule has 2 aromatic heterocycles. The number of halogens is 1. The molecule has 0 aliphatic carbocycles. The number of nitrogens with zero attached hydrogens (tertiary/aromatic N) is 4. The first-order valence-corrected chi connectivity index (χ1v) is 11.2. The molecule has 8 heteroatoms. The Balaban J connectivity index is 1.36. The fourth-order valence-corrected chi connectivity index (χ4v) is 4.51. The van der Waals surface area contributed by atoms with Crippen molar-refractivity contribution in [3.8, 4) is 17.1 Å². The first-order chi connectivity index (χ1) is 14.1. The Bertz CT molecular complexity index is 1110. The number of benzene rings is 2. The topological polar surface area (TPSA) is 52.8 Å². The van der Waals surface area contributed by atoms with E-state index < -0.39 is 0 Å².